The maximum absolute atomic E-state index is 13.6. The van der Waals surface area contributed by atoms with Crippen LogP contribution in [-0.4, -0.2) is 5.91 Å². The highest BCUT2D eigenvalue weighted by Gasteiger charge is 2.19. The standard InChI is InChI=1S/C16H14F2N2O/c17-12-3-1-9(13(18)8-12)6-14(19)10-2-4-15-11(5-10)7-16(21)20-15/h1-5,8,14H,6-7,19H2,(H,20,21). The molecule has 0 bridgehead atoms. The summed E-state index contributed by atoms with van der Waals surface area (Å²) in [5.74, 6) is -1.24. The second-order valence-electron chi connectivity index (χ2n) is 5.19. The maximum Gasteiger partial charge on any atom is 0.228 e. The maximum atomic E-state index is 13.6. The minimum Gasteiger partial charge on any atom is -0.326 e. The second-order valence-corrected chi connectivity index (χ2v) is 5.19. The van der Waals surface area contributed by atoms with Crippen LogP contribution in [0.3, 0.4) is 0 Å². The summed E-state index contributed by atoms with van der Waals surface area (Å²) in [7, 11) is 0. The lowest BCUT2D eigenvalue weighted by Gasteiger charge is -2.14. The minimum absolute atomic E-state index is 0.0414. The predicted molar refractivity (Wildman–Crippen MR) is 75.8 cm³/mol. The molecule has 0 aromatic heterocycles. The average Bonchev–Trinajstić information content (AvgIpc) is 2.80. The van der Waals surface area contributed by atoms with Crippen LogP contribution in [0, 0.1) is 11.6 Å². The van der Waals surface area contributed by atoms with Crippen LogP contribution >= 0.6 is 0 Å². The van der Waals surface area contributed by atoms with Gasteiger partial charge in [0.15, 0.2) is 0 Å². The number of carbonyl (C=O) groups excluding carboxylic acids is 1. The van der Waals surface area contributed by atoms with Crippen LogP contribution in [-0.2, 0) is 17.6 Å². The first-order chi connectivity index (χ1) is 10.0. The van der Waals surface area contributed by atoms with E-state index in [2.05, 4.69) is 5.32 Å². The summed E-state index contributed by atoms with van der Waals surface area (Å²) in [6.45, 7) is 0. The summed E-state index contributed by atoms with van der Waals surface area (Å²) in [4.78, 5) is 11.3. The summed E-state index contributed by atoms with van der Waals surface area (Å²) in [5, 5.41) is 2.75. The van der Waals surface area contributed by atoms with Crippen LogP contribution in [0.25, 0.3) is 0 Å². The number of hydrogen-bond acceptors (Lipinski definition) is 2. The molecule has 1 heterocycles. The molecule has 0 saturated carbocycles. The van der Waals surface area contributed by atoms with Gasteiger partial charge in [0, 0.05) is 17.8 Å². The Morgan fingerprint density at radius 3 is 2.76 bits per heavy atom. The summed E-state index contributed by atoms with van der Waals surface area (Å²) in [6.07, 6.45) is 0.604. The Kier molecular flexibility index (Phi) is 3.43. The largest absolute Gasteiger partial charge is 0.326 e. The molecule has 108 valence electrons. The zero-order valence-electron chi connectivity index (χ0n) is 11.2. The van der Waals surface area contributed by atoms with Gasteiger partial charge in [-0.25, -0.2) is 8.78 Å². The first kappa shape index (κ1) is 13.7. The monoisotopic (exact) mass is 288 g/mol. The molecule has 1 aliphatic heterocycles. The third-order valence-electron chi connectivity index (χ3n) is 3.64. The number of hydrogen-bond donors (Lipinski definition) is 2. The SMILES string of the molecule is NC(Cc1ccc(F)cc1F)c1ccc2c(c1)CC(=O)N2. The van der Waals surface area contributed by atoms with Crippen LogP contribution < -0.4 is 11.1 Å². The lowest BCUT2D eigenvalue weighted by Crippen LogP contribution is -2.14. The van der Waals surface area contributed by atoms with E-state index < -0.39 is 17.7 Å². The van der Waals surface area contributed by atoms with E-state index in [4.69, 9.17) is 5.73 Å². The van der Waals surface area contributed by atoms with Crippen molar-refractivity contribution in [1.29, 1.82) is 0 Å². The van der Waals surface area contributed by atoms with Crippen molar-refractivity contribution in [2.24, 2.45) is 5.73 Å². The quantitative estimate of drug-likeness (QED) is 0.912. The van der Waals surface area contributed by atoms with E-state index in [1.807, 2.05) is 12.1 Å². The lowest BCUT2D eigenvalue weighted by atomic mass is 9.97. The fourth-order valence-corrected chi connectivity index (χ4v) is 2.52. The molecule has 0 fully saturated rings. The van der Waals surface area contributed by atoms with Gasteiger partial charge in [-0.05, 0) is 35.2 Å². The topological polar surface area (TPSA) is 55.1 Å². The van der Waals surface area contributed by atoms with Gasteiger partial charge < -0.3 is 11.1 Å². The predicted octanol–water partition coefficient (Wildman–Crippen LogP) is 2.70. The zero-order chi connectivity index (χ0) is 15.0. The van der Waals surface area contributed by atoms with E-state index in [0.29, 0.717) is 12.0 Å². The first-order valence-electron chi connectivity index (χ1n) is 6.65. The Morgan fingerprint density at radius 1 is 1.19 bits per heavy atom. The molecular weight excluding hydrogens is 274 g/mol. The second kappa shape index (κ2) is 5.26. The fraction of sp³-hybridized carbons (Fsp3) is 0.188. The number of fused-ring (bicyclic) bond motifs is 1. The molecule has 21 heavy (non-hydrogen) atoms. The third-order valence-corrected chi connectivity index (χ3v) is 3.64. The molecule has 2 aromatic carbocycles. The Hall–Kier alpha value is -2.27. The summed E-state index contributed by atoms with van der Waals surface area (Å²) >= 11 is 0. The molecule has 2 aromatic rings. The van der Waals surface area contributed by atoms with Crippen molar-refractivity contribution in [2.75, 3.05) is 5.32 Å². The number of amides is 1. The Balaban J connectivity index is 1.81. The van der Waals surface area contributed by atoms with Gasteiger partial charge in [0.05, 0.1) is 6.42 Å². The summed E-state index contributed by atoms with van der Waals surface area (Å²) in [5.41, 5.74) is 8.99. The molecule has 0 radical (unpaired) electrons. The van der Waals surface area contributed by atoms with Crippen LogP contribution in [0.1, 0.15) is 22.7 Å². The fourth-order valence-electron chi connectivity index (χ4n) is 2.52. The highest BCUT2D eigenvalue weighted by atomic mass is 19.1. The van der Waals surface area contributed by atoms with Gasteiger partial charge in [0.2, 0.25) is 5.91 Å². The van der Waals surface area contributed by atoms with Crippen molar-refractivity contribution in [3.05, 3.63) is 64.7 Å². The zero-order valence-corrected chi connectivity index (χ0v) is 11.2. The summed E-state index contributed by atoms with van der Waals surface area (Å²) in [6, 6.07) is 8.55. The number of benzene rings is 2. The van der Waals surface area contributed by atoms with Crippen molar-refractivity contribution in [2.45, 2.75) is 18.9 Å². The molecule has 5 heteroatoms. The third kappa shape index (κ3) is 2.78. The van der Waals surface area contributed by atoms with Crippen molar-refractivity contribution >= 4 is 11.6 Å². The van der Waals surface area contributed by atoms with Gasteiger partial charge in [-0.15, -0.1) is 0 Å². The van der Waals surface area contributed by atoms with Gasteiger partial charge in [0.25, 0.3) is 0 Å². The number of anilines is 1. The van der Waals surface area contributed by atoms with Crippen LogP contribution in [0.5, 0.6) is 0 Å². The van der Waals surface area contributed by atoms with E-state index >= 15 is 0 Å². The lowest BCUT2D eigenvalue weighted by molar-refractivity contribution is -0.115. The van der Waals surface area contributed by atoms with Gasteiger partial charge in [-0.3, -0.25) is 4.79 Å². The number of nitrogens with two attached hydrogens (primary N) is 1. The van der Waals surface area contributed by atoms with E-state index in [-0.39, 0.29) is 12.3 Å². The van der Waals surface area contributed by atoms with Gasteiger partial charge in [-0.1, -0.05) is 18.2 Å². The highest BCUT2D eigenvalue weighted by molar-refractivity contribution is 5.99. The van der Waals surface area contributed by atoms with E-state index in [1.54, 1.807) is 6.07 Å². The average molecular weight is 288 g/mol. The smallest absolute Gasteiger partial charge is 0.228 e. The van der Waals surface area contributed by atoms with Gasteiger partial charge >= 0.3 is 0 Å². The molecular formula is C16H14F2N2O. The van der Waals surface area contributed by atoms with Crippen LogP contribution in [0.4, 0.5) is 14.5 Å². The Morgan fingerprint density at radius 2 is 2.00 bits per heavy atom. The molecule has 1 aliphatic rings. The van der Waals surface area contributed by atoms with E-state index in [9.17, 15) is 13.6 Å². The molecule has 1 amide bonds. The van der Waals surface area contributed by atoms with Gasteiger partial charge in [0.1, 0.15) is 11.6 Å². The molecule has 0 saturated heterocycles. The molecule has 1 atom stereocenters. The van der Waals surface area contributed by atoms with Crippen molar-refractivity contribution < 1.29 is 13.6 Å². The molecule has 3 N–H and O–H groups in total. The van der Waals surface area contributed by atoms with Crippen molar-refractivity contribution in [3.63, 3.8) is 0 Å². The van der Waals surface area contributed by atoms with Crippen LogP contribution in [0.15, 0.2) is 36.4 Å². The Bertz CT molecular complexity index is 715. The highest BCUT2D eigenvalue weighted by Crippen LogP contribution is 2.27. The molecule has 3 nitrogen and oxygen atoms in total. The molecule has 0 spiro atoms. The molecule has 0 aliphatic carbocycles. The van der Waals surface area contributed by atoms with Gasteiger partial charge in [-0.2, -0.15) is 0 Å². The molecule has 3 rings (SSSR count). The van der Waals surface area contributed by atoms with E-state index in [0.717, 1.165) is 22.9 Å². The van der Waals surface area contributed by atoms with Crippen LogP contribution in [0.2, 0.25) is 0 Å². The molecule has 1 unspecified atom stereocenters. The number of carbonyl (C=O) groups is 1. The van der Waals surface area contributed by atoms with E-state index in [1.165, 1.54) is 12.1 Å². The van der Waals surface area contributed by atoms with Crippen molar-refractivity contribution in [1.82, 2.24) is 0 Å². The summed E-state index contributed by atoms with van der Waals surface area (Å²) < 4.78 is 26.5. The normalized spacial score (nSPS) is 14.7. The number of halogens is 2. The first-order valence-corrected chi connectivity index (χ1v) is 6.65. The number of nitrogens with one attached hydrogen (secondary N) is 1. The van der Waals surface area contributed by atoms with Crippen molar-refractivity contribution in [3.8, 4) is 0 Å². The number of rotatable bonds is 3. The Labute approximate surface area is 120 Å². The minimum atomic E-state index is -0.605.